The minimum atomic E-state index is 0.284. The maximum atomic E-state index is 5.71. The van der Waals surface area contributed by atoms with Gasteiger partial charge in [0.25, 0.3) is 0 Å². The summed E-state index contributed by atoms with van der Waals surface area (Å²) in [5, 5.41) is 6.38. The standard InChI is InChI=1S/C14H24N4O2/c1-3-19-10-14-17-12(15-2)8-13(18-14)16-9-11-6-4-5-7-20-11/h8,11H,3-7,9-10H2,1-2H3,(H2,15,16,17,18). The van der Waals surface area contributed by atoms with Crippen LogP contribution >= 0.6 is 0 Å². The van der Waals surface area contributed by atoms with Gasteiger partial charge in [-0.3, -0.25) is 0 Å². The highest BCUT2D eigenvalue weighted by molar-refractivity contribution is 5.47. The van der Waals surface area contributed by atoms with Gasteiger partial charge in [-0.2, -0.15) is 0 Å². The summed E-state index contributed by atoms with van der Waals surface area (Å²) in [7, 11) is 1.85. The van der Waals surface area contributed by atoms with E-state index in [4.69, 9.17) is 9.47 Å². The van der Waals surface area contributed by atoms with Crippen molar-refractivity contribution in [2.24, 2.45) is 0 Å². The van der Waals surface area contributed by atoms with Gasteiger partial charge in [0.05, 0.1) is 6.10 Å². The van der Waals surface area contributed by atoms with Crippen LogP contribution in [-0.2, 0) is 16.1 Å². The van der Waals surface area contributed by atoms with Gasteiger partial charge < -0.3 is 20.1 Å². The number of nitrogens with zero attached hydrogens (tertiary/aromatic N) is 2. The Hall–Kier alpha value is -1.40. The van der Waals surface area contributed by atoms with Crippen molar-refractivity contribution in [3.05, 3.63) is 11.9 Å². The molecule has 1 aliphatic rings. The van der Waals surface area contributed by atoms with E-state index < -0.39 is 0 Å². The molecule has 1 aromatic rings. The molecule has 0 saturated carbocycles. The monoisotopic (exact) mass is 280 g/mol. The third-order valence-corrected chi connectivity index (χ3v) is 3.25. The second-order valence-electron chi connectivity index (χ2n) is 4.81. The molecular formula is C14H24N4O2. The number of aromatic nitrogens is 2. The highest BCUT2D eigenvalue weighted by Gasteiger charge is 2.14. The Bertz CT molecular complexity index is 408. The van der Waals surface area contributed by atoms with Crippen LogP contribution in [0.3, 0.4) is 0 Å². The van der Waals surface area contributed by atoms with Crippen molar-refractivity contribution in [2.75, 3.05) is 37.4 Å². The Morgan fingerprint density at radius 2 is 2.20 bits per heavy atom. The topological polar surface area (TPSA) is 68.3 Å². The van der Waals surface area contributed by atoms with Gasteiger partial charge in [0.15, 0.2) is 5.82 Å². The molecule has 2 heterocycles. The number of hydrogen-bond donors (Lipinski definition) is 2. The van der Waals surface area contributed by atoms with Crippen molar-refractivity contribution in [3.63, 3.8) is 0 Å². The van der Waals surface area contributed by atoms with Crippen molar-refractivity contribution >= 4 is 11.6 Å². The third-order valence-electron chi connectivity index (χ3n) is 3.25. The molecule has 2 rings (SSSR count). The SMILES string of the molecule is CCOCc1nc(NC)cc(NCC2CCCCO2)n1. The summed E-state index contributed by atoms with van der Waals surface area (Å²) in [5.41, 5.74) is 0. The van der Waals surface area contributed by atoms with Gasteiger partial charge >= 0.3 is 0 Å². The van der Waals surface area contributed by atoms with Crippen LogP contribution in [0.4, 0.5) is 11.6 Å². The molecule has 0 radical (unpaired) electrons. The number of anilines is 2. The third kappa shape index (κ3) is 4.61. The molecule has 1 unspecified atom stereocenters. The summed E-state index contributed by atoms with van der Waals surface area (Å²) >= 11 is 0. The van der Waals surface area contributed by atoms with E-state index in [2.05, 4.69) is 20.6 Å². The number of ether oxygens (including phenoxy) is 2. The first-order chi connectivity index (χ1) is 9.81. The van der Waals surface area contributed by atoms with Gasteiger partial charge in [-0.05, 0) is 26.2 Å². The molecule has 0 spiro atoms. The van der Waals surface area contributed by atoms with Crippen LogP contribution in [0.2, 0.25) is 0 Å². The first kappa shape index (κ1) is 15.0. The summed E-state index contributed by atoms with van der Waals surface area (Å²) < 4.78 is 11.1. The smallest absolute Gasteiger partial charge is 0.158 e. The number of hydrogen-bond acceptors (Lipinski definition) is 6. The summed E-state index contributed by atoms with van der Waals surface area (Å²) in [4.78, 5) is 8.83. The predicted molar refractivity (Wildman–Crippen MR) is 79.0 cm³/mol. The Kier molecular flexibility index (Phi) is 6.01. The van der Waals surface area contributed by atoms with Gasteiger partial charge in [-0.1, -0.05) is 0 Å². The molecule has 6 nitrogen and oxygen atoms in total. The van der Waals surface area contributed by atoms with Gasteiger partial charge in [0, 0.05) is 32.9 Å². The molecule has 112 valence electrons. The first-order valence-corrected chi connectivity index (χ1v) is 7.30. The molecule has 0 bridgehead atoms. The average Bonchev–Trinajstić information content (AvgIpc) is 2.51. The van der Waals surface area contributed by atoms with E-state index in [1.165, 1.54) is 12.8 Å². The molecule has 0 amide bonds. The van der Waals surface area contributed by atoms with Gasteiger partial charge in [-0.15, -0.1) is 0 Å². The summed E-state index contributed by atoms with van der Waals surface area (Å²) in [6, 6.07) is 1.90. The minimum Gasteiger partial charge on any atom is -0.376 e. The second kappa shape index (κ2) is 8.01. The highest BCUT2D eigenvalue weighted by Crippen LogP contribution is 2.15. The second-order valence-corrected chi connectivity index (χ2v) is 4.81. The lowest BCUT2D eigenvalue weighted by atomic mass is 10.1. The maximum Gasteiger partial charge on any atom is 0.158 e. The highest BCUT2D eigenvalue weighted by atomic mass is 16.5. The lowest BCUT2D eigenvalue weighted by molar-refractivity contribution is 0.0247. The van der Waals surface area contributed by atoms with Crippen LogP contribution in [0, 0.1) is 0 Å². The molecule has 20 heavy (non-hydrogen) atoms. The molecule has 6 heteroatoms. The van der Waals surface area contributed by atoms with Crippen LogP contribution in [0.25, 0.3) is 0 Å². The van der Waals surface area contributed by atoms with Crippen molar-refractivity contribution in [1.29, 1.82) is 0 Å². The molecule has 1 fully saturated rings. The zero-order valence-electron chi connectivity index (χ0n) is 12.3. The van der Waals surface area contributed by atoms with Crippen molar-refractivity contribution in [3.8, 4) is 0 Å². The summed E-state index contributed by atoms with van der Waals surface area (Å²) in [5.74, 6) is 2.29. The lowest BCUT2D eigenvalue weighted by Gasteiger charge is -2.23. The van der Waals surface area contributed by atoms with Crippen molar-refractivity contribution in [2.45, 2.75) is 38.9 Å². The number of nitrogens with one attached hydrogen (secondary N) is 2. The molecule has 1 saturated heterocycles. The first-order valence-electron chi connectivity index (χ1n) is 7.30. The fourth-order valence-corrected chi connectivity index (χ4v) is 2.16. The van der Waals surface area contributed by atoms with E-state index in [0.717, 1.165) is 31.2 Å². The van der Waals surface area contributed by atoms with E-state index in [0.29, 0.717) is 19.0 Å². The van der Waals surface area contributed by atoms with Gasteiger partial charge in [0.2, 0.25) is 0 Å². The van der Waals surface area contributed by atoms with Crippen LogP contribution in [-0.4, -0.2) is 42.9 Å². The minimum absolute atomic E-state index is 0.284. The zero-order valence-corrected chi connectivity index (χ0v) is 12.3. The fraction of sp³-hybridized carbons (Fsp3) is 0.714. The molecular weight excluding hydrogens is 256 g/mol. The van der Waals surface area contributed by atoms with Gasteiger partial charge in [-0.25, -0.2) is 9.97 Å². The fourth-order valence-electron chi connectivity index (χ4n) is 2.16. The van der Waals surface area contributed by atoms with E-state index in [1.54, 1.807) is 0 Å². The maximum absolute atomic E-state index is 5.71. The summed E-state index contributed by atoms with van der Waals surface area (Å²) in [6.07, 6.45) is 3.81. The van der Waals surface area contributed by atoms with E-state index >= 15 is 0 Å². The average molecular weight is 280 g/mol. The van der Waals surface area contributed by atoms with E-state index in [9.17, 15) is 0 Å². The molecule has 0 aromatic carbocycles. The molecule has 1 atom stereocenters. The molecule has 1 aromatic heterocycles. The quantitative estimate of drug-likeness (QED) is 0.796. The molecule has 2 N–H and O–H groups in total. The predicted octanol–water partition coefficient (Wildman–Crippen LogP) is 2.04. The lowest BCUT2D eigenvalue weighted by Crippen LogP contribution is -2.27. The van der Waals surface area contributed by atoms with Crippen molar-refractivity contribution in [1.82, 2.24) is 9.97 Å². The Morgan fingerprint density at radius 3 is 2.90 bits per heavy atom. The van der Waals surface area contributed by atoms with Crippen molar-refractivity contribution < 1.29 is 9.47 Å². The van der Waals surface area contributed by atoms with Crippen LogP contribution in [0.5, 0.6) is 0 Å². The van der Waals surface area contributed by atoms with E-state index in [-0.39, 0.29) is 6.10 Å². The summed E-state index contributed by atoms with van der Waals surface area (Å²) in [6.45, 7) is 4.70. The van der Waals surface area contributed by atoms with Crippen LogP contribution < -0.4 is 10.6 Å². The molecule has 1 aliphatic heterocycles. The van der Waals surface area contributed by atoms with E-state index in [1.807, 2.05) is 20.0 Å². The normalized spacial score (nSPS) is 18.8. The molecule has 0 aliphatic carbocycles. The van der Waals surface area contributed by atoms with Crippen LogP contribution in [0.15, 0.2) is 6.07 Å². The number of rotatable bonds is 7. The Labute approximate surface area is 120 Å². The largest absolute Gasteiger partial charge is 0.376 e. The van der Waals surface area contributed by atoms with Crippen LogP contribution in [0.1, 0.15) is 32.0 Å². The van der Waals surface area contributed by atoms with Gasteiger partial charge in [0.1, 0.15) is 18.2 Å². The zero-order chi connectivity index (χ0) is 14.2. The Morgan fingerprint density at radius 1 is 1.35 bits per heavy atom. The Balaban J connectivity index is 1.94.